The second-order valence-electron chi connectivity index (χ2n) is 6.98. The molecule has 0 saturated carbocycles. The van der Waals surface area contributed by atoms with Crippen LogP contribution in [0.4, 0.5) is 5.13 Å². The SMILES string of the molecule is CCOc1cccc2sc(N(Cc3ccccc3)C(=O)CCc3ccccc3)nc12. The Morgan fingerprint density at radius 1 is 0.933 bits per heavy atom. The van der Waals surface area contributed by atoms with Gasteiger partial charge in [0.1, 0.15) is 11.3 Å². The molecule has 5 heteroatoms. The van der Waals surface area contributed by atoms with E-state index in [9.17, 15) is 4.79 Å². The first kappa shape index (κ1) is 20.1. The zero-order valence-corrected chi connectivity index (χ0v) is 17.8. The quantitative estimate of drug-likeness (QED) is 0.361. The zero-order chi connectivity index (χ0) is 20.8. The van der Waals surface area contributed by atoms with Gasteiger partial charge in [-0.25, -0.2) is 4.98 Å². The van der Waals surface area contributed by atoms with Crippen molar-refractivity contribution in [1.82, 2.24) is 4.98 Å². The molecule has 0 spiro atoms. The molecule has 0 bridgehead atoms. The molecule has 4 nitrogen and oxygen atoms in total. The minimum absolute atomic E-state index is 0.0692. The highest BCUT2D eigenvalue weighted by molar-refractivity contribution is 7.22. The van der Waals surface area contributed by atoms with E-state index in [0.29, 0.717) is 31.1 Å². The van der Waals surface area contributed by atoms with E-state index in [-0.39, 0.29) is 5.91 Å². The lowest BCUT2D eigenvalue weighted by Gasteiger charge is -2.20. The Morgan fingerprint density at radius 2 is 1.63 bits per heavy atom. The summed E-state index contributed by atoms with van der Waals surface area (Å²) in [5.41, 5.74) is 3.05. The Balaban J connectivity index is 1.63. The van der Waals surface area contributed by atoms with Crippen LogP contribution < -0.4 is 9.64 Å². The highest BCUT2D eigenvalue weighted by Gasteiger charge is 2.21. The van der Waals surface area contributed by atoms with Crippen LogP contribution in [0.2, 0.25) is 0 Å². The van der Waals surface area contributed by atoms with Gasteiger partial charge in [0.2, 0.25) is 5.91 Å². The monoisotopic (exact) mass is 416 g/mol. The second-order valence-corrected chi connectivity index (χ2v) is 7.99. The van der Waals surface area contributed by atoms with Crippen LogP contribution in [-0.4, -0.2) is 17.5 Å². The van der Waals surface area contributed by atoms with Crippen molar-refractivity contribution in [1.29, 1.82) is 0 Å². The number of aryl methyl sites for hydroxylation is 1. The summed E-state index contributed by atoms with van der Waals surface area (Å²) in [7, 11) is 0. The number of benzene rings is 3. The molecule has 3 aromatic carbocycles. The molecule has 0 aliphatic carbocycles. The smallest absolute Gasteiger partial charge is 0.229 e. The fourth-order valence-corrected chi connectivity index (χ4v) is 4.36. The Labute approximate surface area is 180 Å². The van der Waals surface area contributed by atoms with E-state index in [2.05, 4.69) is 12.1 Å². The van der Waals surface area contributed by atoms with E-state index in [1.807, 2.05) is 73.7 Å². The van der Waals surface area contributed by atoms with Crippen LogP contribution in [0, 0.1) is 0 Å². The number of anilines is 1. The number of carbonyl (C=O) groups excluding carboxylic acids is 1. The summed E-state index contributed by atoms with van der Waals surface area (Å²) >= 11 is 1.53. The highest BCUT2D eigenvalue weighted by atomic mass is 32.1. The van der Waals surface area contributed by atoms with E-state index in [0.717, 1.165) is 27.1 Å². The van der Waals surface area contributed by atoms with Gasteiger partial charge in [0.25, 0.3) is 0 Å². The molecule has 4 rings (SSSR count). The third-order valence-electron chi connectivity index (χ3n) is 4.86. The topological polar surface area (TPSA) is 42.4 Å². The molecule has 1 amide bonds. The molecule has 0 aliphatic rings. The van der Waals surface area contributed by atoms with Gasteiger partial charge in [0, 0.05) is 6.42 Å². The molecule has 0 saturated heterocycles. The van der Waals surface area contributed by atoms with Crippen molar-refractivity contribution in [2.45, 2.75) is 26.3 Å². The molecular weight excluding hydrogens is 392 g/mol. The first-order valence-corrected chi connectivity index (χ1v) is 11.0. The summed E-state index contributed by atoms with van der Waals surface area (Å²) < 4.78 is 6.76. The molecule has 1 aromatic heterocycles. The third kappa shape index (κ3) is 4.69. The van der Waals surface area contributed by atoms with E-state index in [1.54, 1.807) is 4.90 Å². The van der Waals surface area contributed by atoms with Gasteiger partial charge in [-0.15, -0.1) is 0 Å². The second kappa shape index (κ2) is 9.55. The largest absolute Gasteiger partial charge is 0.492 e. The summed E-state index contributed by atoms with van der Waals surface area (Å²) in [5, 5.41) is 0.707. The number of nitrogens with zero attached hydrogens (tertiary/aromatic N) is 2. The Morgan fingerprint density at radius 3 is 2.33 bits per heavy atom. The van der Waals surface area contributed by atoms with Crippen molar-refractivity contribution in [2.75, 3.05) is 11.5 Å². The standard InChI is InChI=1S/C25H24N2O2S/c1-2-29-21-14-9-15-22-24(21)26-25(30-22)27(18-20-12-7-4-8-13-20)23(28)17-16-19-10-5-3-6-11-19/h3-15H,2,16-18H2,1H3. The summed E-state index contributed by atoms with van der Waals surface area (Å²) in [6.07, 6.45) is 1.14. The van der Waals surface area contributed by atoms with Crippen LogP contribution in [0.5, 0.6) is 5.75 Å². The van der Waals surface area contributed by atoms with Crippen LogP contribution in [-0.2, 0) is 17.8 Å². The van der Waals surface area contributed by atoms with Crippen molar-refractivity contribution in [3.8, 4) is 5.75 Å². The first-order valence-electron chi connectivity index (χ1n) is 10.1. The number of hydrogen-bond donors (Lipinski definition) is 0. The molecule has 1 heterocycles. The number of para-hydroxylation sites is 1. The molecule has 4 aromatic rings. The lowest BCUT2D eigenvalue weighted by atomic mass is 10.1. The zero-order valence-electron chi connectivity index (χ0n) is 17.0. The van der Waals surface area contributed by atoms with Crippen LogP contribution in [0.25, 0.3) is 10.2 Å². The molecule has 0 N–H and O–H groups in total. The number of thiazole rings is 1. The maximum absolute atomic E-state index is 13.3. The number of ether oxygens (including phenoxy) is 1. The van der Waals surface area contributed by atoms with Gasteiger partial charge < -0.3 is 4.74 Å². The minimum atomic E-state index is 0.0692. The van der Waals surface area contributed by atoms with Gasteiger partial charge in [-0.1, -0.05) is 78.1 Å². The Hall–Kier alpha value is -3.18. The van der Waals surface area contributed by atoms with Gasteiger partial charge in [-0.3, -0.25) is 9.69 Å². The molecule has 0 radical (unpaired) electrons. The lowest BCUT2D eigenvalue weighted by Crippen LogP contribution is -2.30. The summed E-state index contributed by atoms with van der Waals surface area (Å²) in [5.74, 6) is 0.827. The molecular formula is C25H24N2O2S. The Bertz CT molecular complexity index is 1110. The van der Waals surface area contributed by atoms with Gasteiger partial charge in [0.05, 0.1) is 17.9 Å². The van der Waals surface area contributed by atoms with E-state index < -0.39 is 0 Å². The predicted octanol–water partition coefficient (Wildman–Crippen LogP) is 5.86. The average Bonchev–Trinajstić information content (AvgIpc) is 3.22. The van der Waals surface area contributed by atoms with Gasteiger partial charge >= 0.3 is 0 Å². The fourth-order valence-electron chi connectivity index (χ4n) is 3.36. The normalized spacial score (nSPS) is 10.8. The van der Waals surface area contributed by atoms with E-state index >= 15 is 0 Å². The van der Waals surface area contributed by atoms with Crippen LogP contribution in [0.15, 0.2) is 78.9 Å². The van der Waals surface area contributed by atoms with E-state index in [4.69, 9.17) is 9.72 Å². The van der Waals surface area contributed by atoms with Gasteiger partial charge in [0.15, 0.2) is 5.13 Å². The lowest BCUT2D eigenvalue weighted by molar-refractivity contribution is -0.118. The molecule has 30 heavy (non-hydrogen) atoms. The number of fused-ring (bicyclic) bond motifs is 1. The molecule has 0 unspecified atom stereocenters. The highest BCUT2D eigenvalue weighted by Crippen LogP contribution is 2.35. The first-order chi connectivity index (χ1) is 14.7. The van der Waals surface area contributed by atoms with Crippen molar-refractivity contribution in [3.63, 3.8) is 0 Å². The number of hydrogen-bond acceptors (Lipinski definition) is 4. The molecule has 0 atom stereocenters. The molecule has 0 fully saturated rings. The van der Waals surface area contributed by atoms with Crippen molar-refractivity contribution in [3.05, 3.63) is 90.0 Å². The number of carbonyl (C=O) groups is 1. The predicted molar refractivity (Wildman–Crippen MR) is 123 cm³/mol. The van der Waals surface area contributed by atoms with Crippen molar-refractivity contribution >= 4 is 32.6 Å². The van der Waals surface area contributed by atoms with Gasteiger partial charge in [-0.2, -0.15) is 0 Å². The summed E-state index contributed by atoms with van der Waals surface area (Å²) in [6, 6.07) is 26.1. The van der Waals surface area contributed by atoms with Crippen LogP contribution >= 0.6 is 11.3 Å². The third-order valence-corrected chi connectivity index (χ3v) is 5.90. The van der Waals surface area contributed by atoms with Gasteiger partial charge in [-0.05, 0) is 36.6 Å². The molecule has 152 valence electrons. The van der Waals surface area contributed by atoms with Crippen molar-refractivity contribution in [2.24, 2.45) is 0 Å². The van der Waals surface area contributed by atoms with E-state index in [1.165, 1.54) is 11.3 Å². The fraction of sp³-hybridized carbons (Fsp3) is 0.200. The molecule has 0 aliphatic heterocycles. The summed E-state index contributed by atoms with van der Waals surface area (Å²) in [4.78, 5) is 19.9. The number of aromatic nitrogens is 1. The Kier molecular flexibility index (Phi) is 6.40. The number of amides is 1. The average molecular weight is 417 g/mol. The maximum atomic E-state index is 13.3. The maximum Gasteiger partial charge on any atom is 0.229 e. The minimum Gasteiger partial charge on any atom is -0.492 e. The number of rotatable bonds is 8. The summed E-state index contributed by atoms with van der Waals surface area (Å²) in [6.45, 7) is 3.04. The van der Waals surface area contributed by atoms with Crippen LogP contribution in [0.1, 0.15) is 24.5 Å². The van der Waals surface area contributed by atoms with Crippen LogP contribution in [0.3, 0.4) is 0 Å². The van der Waals surface area contributed by atoms with Crippen molar-refractivity contribution < 1.29 is 9.53 Å².